The van der Waals surface area contributed by atoms with Crippen LogP contribution in [0.25, 0.3) is 5.57 Å². The molecule has 4 rings (SSSR count). The molecule has 0 fully saturated rings. The molecule has 1 aliphatic carbocycles. The Hall–Kier alpha value is -2.47. The Morgan fingerprint density at radius 1 is 0.714 bits per heavy atom. The third kappa shape index (κ3) is 4.17. The maximum atomic E-state index is 2.33. The van der Waals surface area contributed by atoms with Crippen LogP contribution in [0.3, 0.4) is 0 Å². The molecule has 2 heteroatoms. The Bertz CT molecular complexity index is 917. The van der Waals surface area contributed by atoms with Crippen LogP contribution >= 0.6 is 7.92 Å². The highest BCUT2D eigenvalue weighted by atomic mass is 31.1. The molecular weight excluding hydrogens is 357 g/mol. The van der Waals surface area contributed by atoms with Gasteiger partial charge in [-0.05, 0) is 49.1 Å². The van der Waals surface area contributed by atoms with Crippen LogP contribution < -0.4 is 15.9 Å². The normalized spacial score (nSPS) is 16.0. The van der Waals surface area contributed by atoms with Crippen molar-refractivity contribution in [1.82, 2.24) is 4.90 Å². The Labute approximate surface area is 169 Å². The van der Waals surface area contributed by atoms with Crippen LogP contribution in [-0.2, 0) is 0 Å². The molecule has 1 unspecified atom stereocenters. The van der Waals surface area contributed by atoms with Gasteiger partial charge in [-0.2, -0.15) is 0 Å². The molecule has 0 saturated heterocycles. The molecule has 0 heterocycles. The van der Waals surface area contributed by atoms with Crippen LogP contribution in [0, 0.1) is 5.92 Å². The molecule has 0 bridgehead atoms. The molecule has 0 radical (unpaired) electrons. The highest BCUT2D eigenvalue weighted by Gasteiger charge is 2.19. The molecule has 1 nitrogen and oxygen atoms in total. The first kappa shape index (κ1) is 18.9. The Morgan fingerprint density at radius 2 is 1.25 bits per heavy atom. The molecule has 0 spiro atoms. The molecular formula is C26H26NP. The van der Waals surface area contributed by atoms with E-state index in [-0.39, 0.29) is 0 Å². The lowest BCUT2D eigenvalue weighted by Crippen LogP contribution is -2.21. The monoisotopic (exact) mass is 383 g/mol. The average molecular weight is 383 g/mol. The molecule has 0 aliphatic heterocycles. The van der Waals surface area contributed by atoms with Crippen LogP contribution in [0.5, 0.6) is 0 Å². The van der Waals surface area contributed by atoms with E-state index in [1.165, 1.54) is 27.1 Å². The first-order valence-corrected chi connectivity index (χ1v) is 11.1. The van der Waals surface area contributed by atoms with Crippen LogP contribution in [0.4, 0.5) is 0 Å². The van der Waals surface area contributed by atoms with Gasteiger partial charge in [0.1, 0.15) is 0 Å². The number of benzene rings is 3. The van der Waals surface area contributed by atoms with Crippen molar-refractivity contribution in [1.29, 1.82) is 0 Å². The maximum absolute atomic E-state index is 2.33. The molecule has 140 valence electrons. The van der Waals surface area contributed by atoms with Crippen molar-refractivity contribution in [2.45, 2.75) is 0 Å². The Morgan fingerprint density at radius 3 is 1.79 bits per heavy atom. The van der Waals surface area contributed by atoms with Crippen molar-refractivity contribution >= 4 is 29.4 Å². The molecule has 0 amide bonds. The van der Waals surface area contributed by atoms with Crippen LogP contribution in [-0.4, -0.2) is 25.5 Å². The summed E-state index contributed by atoms with van der Waals surface area (Å²) in [5.74, 6) is 0.477. The largest absolute Gasteiger partial charge is 0.308 e. The lowest BCUT2D eigenvalue weighted by Gasteiger charge is -2.21. The molecule has 3 aromatic rings. The summed E-state index contributed by atoms with van der Waals surface area (Å²) in [5, 5.41) is 4.18. The number of allylic oxidation sites excluding steroid dienone is 2. The fourth-order valence-corrected chi connectivity index (χ4v) is 6.07. The summed E-state index contributed by atoms with van der Waals surface area (Å²) in [7, 11) is 3.74. The smallest absolute Gasteiger partial charge is 0.0154 e. The highest BCUT2D eigenvalue weighted by Crippen LogP contribution is 2.34. The number of hydrogen-bond acceptors (Lipinski definition) is 1. The van der Waals surface area contributed by atoms with E-state index in [1.807, 2.05) is 0 Å². The van der Waals surface area contributed by atoms with E-state index in [1.54, 1.807) is 0 Å². The third-order valence-corrected chi connectivity index (χ3v) is 7.51. The summed E-state index contributed by atoms with van der Waals surface area (Å²) in [6.45, 7) is 1.05. The second-order valence-electron chi connectivity index (χ2n) is 7.43. The first-order chi connectivity index (χ1) is 13.7. The summed E-state index contributed by atoms with van der Waals surface area (Å²) in [6.07, 6.45) is 6.77. The third-order valence-electron chi connectivity index (χ3n) is 5.07. The standard InChI is InChI=1S/C26H26NP/c1-27(2)20-22-10-9-15-26(22)21-16-18-25(19-17-21)28(23-11-5-3-6-12-23)24-13-7-4-8-14-24/h3-19,22H,20H2,1-2H3. The SMILES string of the molecule is CN(C)CC1C=CC=C1c1ccc(P(c2ccccc2)c2ccccc2)cc1. The van der Waals surface area contributed by atoms with Gasteiger partial charge < -0.3 is 4.90 Å². The van der Waals surface area contributed by atoms with Crippen molar-refractivity contribution in [3.63, 3.8) is 0 Å². The van der Waals surface area contributed by atoms with Gasteiger partial charge in [0.2, 0.25) is 0 Å². The van der Waals surface area contributed by atoms with Crippen molar-refractivity contribution in [3.05, 3.63) is 109 Å². The lowest BCUT2D eigenvalue weighted by molar-refractivity contribution is 0.390. The summed E-state index contributed by atoms with van der Waals surface area (Å²) >= 11 is 0. The van der Waals surface area contributed by atoms with E-state index in [2.05, 4.69) is 122 Å². The van der Waals surface area contributed by atoms with Gasteiger partial charge >= 0.3 is 0 Å². The Balaban J connectivity index is 1.66. The van der Waals surface area contributed by atoms with E-state index < -0.39 is 7.92 Å². The van der Waals surface area contributed by atoms with Crippen LogP contribution in [0.1, 0.15) is 5.56 Å². The minimum Gasteiger partial charge on any atom is -0.308 e. The van der Waals surface area contributed by atoms with E-state index in [0.29, 0.717) is 5.92 Å². The summed E-state index contributed by atoms with van der Waals surface area (Å²) in [6, 6.07) is 31.0. The molecule has 0 N–H and O–H groups in total. The van der Waals surface area contributed by atoms with Crippen molar-refractivity contribution in [2.75, 3.05) is 20.6 Å². The predicted octanol–water partition coefficient (Wildman–Crippen LogP) is 4.58. The molecule has 1 aliphatic rings. The van der Waals surface area contributed by atoms with E-state index in [0.717, 1.165) is 6.54 Å². The molecule has 0 saturated carbocycles. The molecule has 3 aromatic carbocycles. The van der Waals surface area contributed by atoms with Crippen LogP contribution in [0.15, 0.2) is 103 Å². The number of rotatable bonds is 6. The number of hydrogen-bond donors (Lipinski definition) is 0. The van der Waals surface area contributed by atoms with Gasteiger partial charge in [-0.15, -0.1) is 0 Å². The maximum Gasteiger partial charge on any atom is 0.0154 e. The summed E-state index contributed by atoms with van der Waals surface area (Å²) < 4.78 is 0. The lowest BCUT2D eigenvalue weighted by atomic mass is 9.95. The zero-order chi connectivity index (χ0) is 19.3. The fourth-order valence-electron chi connectivity index (χ4n) is 3.79. The van der Waals surface area contributed by atoms with Crippen molar-refractivity contribution < 1.29 is 0 Å². The van der Waals surface area contributed by atoms with Crippen molar-refractivity contribution in [3.8, 4) is 0 Å². The second kappa shape index (κ2) is 8.69. The summed E-state index contributed by atoms with van der Waals surface area (Å²) in [5.41, 5.74) is 2.75. The van der Waals surface area contributed by atoms with Gasteiger partial charge in [-0.1, -0.05) is 103 Å². The predicted molar refractivity (Wildman–Crippen MR) is 124 cm³/mol. The first-order valence-electron chi connectivity index (χ1n) is 9.76. The van der Waals surface area contributed by atoms with E-state index >= 15 is 0 Å². The summed E-state index contributed by atoms with van der Waals surface area (Å²) in [4.78, 5) is 2.26. The van der Waals surface area contributed by atoms with Gasteiger partial charge in [0.05, 0.1) is 0 Å². The minimum absolute atomic E-state index is 0.477. The number of nitrogens with zero attached hydrogens (tertiary/aromatic N) is 1. The second-order valence-corrected chi connectivity index (χ2v) is 9.65. The van der Waals surface area contributed by atoms with Gasteiger partial charge in [-0.3, -0.25) is 0 Å². The van der Waals surface area contributed by atoms with E-state index in [9.17, 15) is 0 Å². The topological polar surface area (TPSA) is 3.24 Å². The Kier molecular flexibility index (Phi) is 5.86. The zero-order valence-corrected chi connectivity index (χ0v) is 17.4. The van der Waals surface area contributed by atoms with Crippen molar-refractivity contribution in [2.24, 2.45) is 5.92 Å². The highest BCUT2D eigenvalue weighted by molar-refractivity contribution is 7.79. The van der Waals surface area contributed by atoms with Crippen LogP contribution in [0.2, 0.25) is 0 Å². The quantitative estimate of drug-likeness (QED) is 0.564. The molecule has 1 atom stereocenters. The molecule has 28 heavy (non-hydrogen) atoms. The zero-order valence-electron chi connectivity index (χ0n) is 16.5. The van der Waals surface area contributed by atoms with Gasteiger partial charge in [0, 0.05) is 12.5 Å². The fraction of sp³-hybridized carbons (Fsp3) is 0.154. The molecule has 0 aromatic heterocycles. The van der Waals surface area contributed by atoms with E-state index in [4.69, 9.17) is 0 Å². The average Bonchev–Trinajstić information content (AvgIpc) is 3.18. The van der Waals surface area contributed by atoms with Gasteiger partial charge in [0.15, 0.2) is 0 Å². The minimum atomic E-state index is -0.539. The van der Waals surface area contributed by atoms with Gasteiger partial charge in [-0.25, -0.2) is 0 Å². The van der Waals surface area contributed by atoms with Gasteiger partial charge in [0.25, 0.3) is 0 Å².